The van der Waals surface area contributed by atoms with Crippen molar-refractivity contribution in [3.63, 3.8) is 0 Å². The molecule has 3 N–H and O–H groups in total. The first kappa shape index (κ1) is 25.8. The lowest BCUT2D eigenvalue weighted by Crippen LogP contribution is -2.58. The predicted molar refractivity (Wildman–Crippen MR) is 132 cm³/mol. The van der Waals surface area contributed by atoms with Gasteiger partial charge in [-0.2, -0.15) is 0 Å². The van der Waals surface area contributed by atoms with E-state index in [9.17, 15) is 24.9 Å². The van der Waals surface area contributed by atoms with Crippen molar-refractivity contribution in [2.45, 2.75) is 77.1 Å². The lowest BCUT2D eigenvalue weighted by atomic mass is 9.63. The maximum Gasteiger partial charge on any atom is 0.310 e. The maximum absolute atomic E-state index is 13.1. The predicted octanol–water partition coefficient (Wildman–Crippen LogP) is 3.53. The zero-order valence-electron chi connectivity index (χ0n) is 21.4. The molecule has 0 heterocycles. The van der Waals surface area contributed by atoms with Crippen LogP contribution in [0.15, 0.2) is 53.6 Å². The zero-order valence-corrected chi connectivity index (χ0v) is 21.4. The monoisotopic (exact) mass is 482 g/mol. The van der Waals surface area contributed by atoms with Crippen LogP contribution in [0.5, 0.6) is 0 Å². The highest BCUT2D eigenvalue weighted by Crippen LogP contribution is 2.73. The second kappa shape index (κ2) is 8.68. The van der Waals surface area contributed by atoms with E-state index in [0.717, 1.165) is 5.56 Å². The van der Waals surface area contributed by atoms with Gasteiger partial charge in [0, 0.05) is 23.7 Å². The normalized spacial score (nSPS) is 38.1. The van der Waals surface area contributed by atoms with E-state index in [2.05, 4.69) is 13.8 Å². The number of benzene rings is 1. The fourth-order valence-electron chi connectivity index (χ4n) is 6.88. The van der Waals surface area contributed by atoms with Gasteiger partial charge in [0.1, 0.15) is 11.2 Å². The number of hydrogen-bond donors (Lipinski definition) is 3. The van der Waals surface area contributed by atoms with Crippen LogP contribution in [0, 0.1) is 23.2 Å². The molecule has 0 saturated heterocycles. The van der Waals surface area contributed by atoms with Crippen molar-refractivity contribution >= 4 is 11.8 Å². The molecule has 0 aliphatic heterocycles. The summed E-state index contributed by atoms with van der Waals surface area (Å²) in [6, 6.07) is 9.48. The van der Waals surface area contributed by atoms with E-state index in [0.29, 0.717) is 24.0 Å². The fourth-order valence-corrected chi connectivity index (χ4v) is 6.88. The number of esters is 1. The Balaban J connectivity index is 1.59. The molecule has 0 aromatic heterocycles. The molecule has 3 aliphatic rings. The highest BCUT2D eigenvalue weighted by Gasteiger charge is 2.79. The van der Waals surface area contributed by atoms with Crippen LogP contribution in [0.2, 0.25) is 0 Å². The van der Waals surface area contributed by atoms with E-state index in [-0.39, 0.29) is 42.7 Å². The number of hydrogen-bond acceptors (Lipinski definition) is 6. The molecular formula is C29H38O6. The SMILES string of the molecule is C/C=C(/CO)C[C@]1(O)C(=O)C(C)=C[C@H]1[C@]1(O)CC2C(C)(C)[C@]2(OC(=O)Cc2ccccc2)C[C@H]1C. The molecule has 2 fully saturated rings. The second-order valence-corrected chi connectivity index (χ2v) is 11.5. The Morgan fingerprint density at radius 2 is 1.83 bits per heavy atom. The Hall–Kier alpha value is -2.28. The van der Waals surface area contributed by atoms with Gasteiger partial charge in [-0.1, -0.05) is 63.3 Å². The number of Topliss-reactive ketones (excluding diaryl/α,β-unsaturated/α-hetero) is 1. The topological polar surface area (TPSA) is 104 Å². The summed E-state index contributed by atoms with van der Waals surface area (Å²) < 4.78 is 6.16. The van der Waals surface area contributed by atoms with Gasteiger partial charge in [0.15, 0.2) is 5.78 Å². The van der Waals surface area contributed by atoms with Crippen LogP contribution in [0.3, 0.4) is 0 Å². The summed E-state index contributed by atoms with van der Waals surface area (Å²) in [6.07, 6.45) is 4.33. The molecule has 1 aromatic carbocycles. The zero-order chi connectivity index (χ0) is 25.8. The van der Waals surface area contributed by atoms with Crippen LogP contribution >= 0.6 is 0 Å². The summed E-state index contributed by atoms with van der Waals surface area (Å²) in [5.41, 5.74) is -2.32. The van der Waals surface area contributed by atoms with Crippen LogP contribution < -0.4 is 0 Å². The van der Waals surface area contributed by atoms with Crippen molar-refractivity contribution in [2.24, 2.45) is 23.2 Å². The van der Waals surface area contributed by atoms with Gasteiger partial charge in [-0.15, -0.1) is 0 Å². The standard InChI is InChI=1S/C29H38O6/c1-6-20(17-30)15-28(34)22(12-18(2)25(28)32)27(33)16-23-26(4,5)29(23,14-19(27)3)35-24(31)13-21-10-8-7-9-11-21/h6-12,19,22-23,30,33-34H,13-17H2,1-5H3/b20-6+/t19-,22+,23?,27+,28-,29+/m1/s1. The molecule has 6 heteroatoms. The number of fused-ring (bicyclic) bond motifs is 1. The number of rotatable bonds is 7. The van der Waals surface area contributed by atoms with E-state index < -0.39 is 28.5 Å². The number of aliphatic hydroxyl groups is 3. The van der Waals surface area contributed by atoms with Crippen molar-refractivity contribution in [1.82, 2.24) is 0 Å². The maximum atomic E-state index is 13.1. The second-order valence-electron chi connectivity index (χ2n) is 11.5. The van der Waals surface area contributed by atoms with Gasteiger partial charge in [-0.3, -0.25) is 9.59 Å². The number of carbonyl (C=O) groups excluding carboxylic acids is 2. The van der Waals surface area contributed by atoms with Crippen molar-refractivity contribution < 1.29 is 29.6 Å². The lowest BCUT2D eigenvalue weighted by Gasteiger charge is -2.48. The fraction of sp³-hybridized carbons (Fsp3) is 0.586. The highest BCUT2D eigenvalue weighted by molar-refractivity contribution is 6.04. The minimum atomic E-state index is -1.82. The van der Waals surface area contributed by atoms with Crippen LogP contribution in [-0.2, 0) is 20.7 Å². The molecule has 3 aliphatic carbocycles. The number of aliphatic hydroxyl groups excluding tert-OH is 1. The van der Waals surface area contributed by atoms with Crippen molar-refractivity contribution in [1.29, 1.82) is 0 Å². The van der Waals surface area contributed by atoms with Crippen LogP contribution in [0.25, 0.3) is 0 Å². The Morgan fingerprint density at radius 1 is 1.17 bits per heavy atom. The van der Waals surface area contributed by atoms with Gasteiger partial charge in [-0.25, -0.2) is 0 Å². The molecule has 1 unspecified atom stereocenters. The van der Waals surface area contributed by atoms with E-state index in [1.54, 1.807) is 26.0 Å². The summed E-state index contributed by atoms with van der Waals surface area (Å²) >= 11 is 0. The van der Waals surface area contributed by atoms with E-state index in [4.69, 9.17) is 4.74 Å². The van der Waals surface area contributed by atoms with Gasteiger partial charge in [0.05, 0.1) is 18.6 Å². The summed E-state index contributed by atoms with van der Waals surface area (Å²) in [5, 5.41) is 33.5. The lowest BCUT2D eigenvalue weighted by molar-refractivity contribution is -0.177. The molecule has 0 amide bonds. The highest BCUT2D eigenvalue weighted by atomic mass is 16.6. The van der Waals surface area contributed by atoms with E-state index in [1.807, 2.05) is 37.3 Å². The molecule has 190 valence electrons. The molecule has 6 atom stereocenters. The Labute approximate surface area is 207 Å². The first-order valence-electron chi connectivity index (χ1n) is 12.5. The molecule has 0 spiro atoms. The molecule has 0 radical (unpaired) electrons. The third-order valence-corrected chi connectivity index (χ3v) is 9.25. The van der Waals surface area contributed by atoms with Gasteiger partial charge < -0.3 is 20.1 Å². The Morgan fingerprint density at radius 3 is 2.43 bits per heavy atom. The van der Waals surface area contributed by atoms with Gasteiger partial charge in [0.2, 0.25) is 0 Å². The van der Waals surface area contributed by atoms with Gasteiger partial charge in [0.25, 0.3) is 0 Å². The number of allylic oxidation sites excluding steroid dienone is 1. The third kappa shape index (κ3) is 3.90. The largest absolute Gasteiger partial charge is 0.458 e. The van der Waals surface area contributed by atoms with Gasteiger partial charge >= 0.3 is 5.97 Å². The molecule has 1 aromatic rings. The average molecular weight is 483 g/mol. The van der Waals surface area contributed by atoms with Crippen LogP contribution in [-0.4, -0.2) is 50.5 Å². The minimum Gasteiger partial charge on any atom is -0.458 e. The average Bonchev–Trinajstić information content (AvgIpc) is 3.14. The quantitative estimate of drug-likeness (QED) is 0.406. The van der Waals surface area contributed by atoms with Crippen molar-refractivity contribution in [3.8, 4) is 0 Å². The first-order chi connectivity index (χ1) is 16.4. The summed E-state index contributed by atoms with van der Waals surface area (Å²) in [6.45, 7) is 9.18. The van der Waals surface area contributed by atoms with Crippen molar-refractivity contribution in [3.05, 3.63) is 59.2 Å². The molecule has 4 rings (SSSR count). The molecule has 35 heavy (non-hydrogen) atoms. The van der Waals surface area contributed by atoms with Crippen LogP contribution in [0.1, 0.15) is 59.4 Å². The molecule has 6 nitrogen and oxygen atoms in total. The summed E-state index contributed by atoms with van der Waals surface area (Å²) in [4.78, 5) is 26.0. The smallest absolute Gasteiger partial charge is 0.310 e. The number of ketones is 1. The molecule has 0 bridgehead atoms. The summed E-state index contributed by atoms with van der Waals surface area (Å²) in [7, 11) is 0. The third-order valence-electron chi connectivity index (χ3n) is 9.25. The summed E-state index contributed by atoms with van der Waals surface area (Å²) in [5.74, 6) is -1.93. The van der Waals surface area contributed by atoms with Crippen LogP contribution in [0.4, 0.5) is 0 Å². The molecular weight excluding hydrogens is 444 g/mol. The minimum absolute atomic E-state index is 0.0301. The number of carbonyl (C=O) groups is 2. The Bertz CT molecular complexity index is 1070. The first-order valence-corrected chi connectivity index (χ1v) is 12.5. The van der Waals surface area contributed by atoms with Gasteiger partial charge in [-0.05, 0) is 49.3 Å². The Kier molecular flexibility index (Phi) is 6.40. The van der Waals surface area contributed by atoms with E-state index >= 15 is 0 Å². The van der Waals surface area contributed by atoms with Crippen molar-refractivity contribution in [2.75, 3.05) is 6.61 Å². The molecule has 2 saturated carbocycles. The number of ether oxygens (including phenoxy) is 1. The van der Waals surface area contributed by atoms with E-state index in [1.165, 1.54) is 0 Å².